The van der Waals surface area contributed by atoms with Crippen LogP contribution in [0.2, 0.25) is 5.02 Å². The Morgan fingerprint density at radius 3 is 2.79 bits per heavy atom. The lowest BCUT2D eigenvalue weighted by molar-refractivity contribution is -0.135. The molecule has 0 aromatic heterocycles. The van der Waals surface area contributed by atoms with Crippen molar-refractivity contribution in [2.75, 3.05) is 26.2 Å². The van der Waals surface area contributed by atoms with Gasteiger partial charge in [0.2, 0.25) is 11.8 Å². The Morgan fingerprint density at radius 2 is 2.12 bits per heavy atom. The number of carbonyl (C=O) groups excluding carboxylic acids is 2. The summed E-state index contributed by atoms with van der Waals surface area (Å²) >= 11 is 7.39. The maximum absolute atomic E-state index is 12.7. The van der Waals surface area contributed by atoms with E-state index in [1.54, 1.807) is 0 Å². The van der Waals surface area contributed by atoms with Gasteiger partial charge in [0.25, 0.3) is 0 Å². The molecule has 2 atom stereocenters. The maximum atomic E-state index is 12.7. The third kappa shape index (κ3) is 5.40. The van der Waals surface area contributed by atoms with Crippen LogP contribution in [-0.4, -0.2) is 48.1 Å². The molecule has 0 saturated carbocycles. The number of hydrogen-bond acceptors (Lipinski definition) is 4. The molecule has 2 rings (SSSR count). The number of likely N-dealkylation sites (tertiary alicyclic amines) is 1. The van der Waals surface area contributed by atoms with Gasteiger partial charge in [0.1, 0.15) is 0 Å². The van der Waals surface area contributed by atoms with Gasteiger partial charge in [0.15, 0.2) is 0 Å². The second-order valence-corrected chi connectivity index (χ2v) is 7.77. The molecule has 7 heteroatoms. The lowest BCUT2D eigenvalue weighted by Crippen LogP contribution is -2.48. The van der Waals surface area contributed by atoms with Crippen LogP contribution in [0.3, 0.4) is 0 Å². The van der Waals surface area contributed by atoms with E-state index in [2.05, 4.69) is 5.32 Å². The third-order valence-electron chi connectivity index (χ3n) is 4.02. The Balaban J connectivity index is 1.90. The SMILES string of the molecule is CC(Sc1ccc(Cl)cc1)C(=O)N1CCCC(C(=O)NCCN)C1. The van der Waals surface area contributed by atoms with Gasteiger partial charge in [-0.1, -0.05) is 11.6 Å². The molecular formula is C17H24ClN3O2S. The fourth-order valence-electron chi connectivity index (χ4n) is 2.76. The normalized spacial score (nSPS) is 19.0. The van der Waals surface area contributed by atoms with Crippen molar-refractivity contribution in [3.8, 4) is 0 Å². The monoisotopic (exact) mass is 369 g/mol. The summed E-state index contributed by atoms with van der Waals surface area (Å²) in [6.45, 7) is 4.01. The van der Waals surface area contributed by atoms with Crippen molar-refractivity contribution < 1.29 is 9.59 Å². The number of halogens is 1. The van der Waals surface area contributed by atoms with Crippen LogP contribution < -0.4 is 11.1 Å². The summed E-state index contributed by atoms with van der Waals surface area (Å²) in [6.07, 6.45) is 1.67. The number of nitrogens with two attached hydrogens (primary N) is 1. The average molecular weight is 370 g/mol. The highest BCUT2D eigenvalue weighted by Crippen LogP contribution is 2.27. The third-order valence-corrected chi connectivity index (χ3v) is 5.37. The Kier molecular flexibility index (Phi) is 7.40. The highest BCUT2D eigenvalue weighted by atomic mass is 35.5. The molecule has 132 valence electrons. The first kappa shape index (κ1) is 19.1. The van der Waals surface area contributed by atoms with E-state index in [-0.39, 0.29) is 23.0 Å². The van der Waals surface area contributed by atoms with Crippen molar-refractivity contribution >= 4 is 35.2 Å². The molecule has 2 unspecified atom stereocenters. The summed E-state index contributed by atoms with van der Waals surface area (Å²) in [5.74, 6) is -0.0655. The predicted molar refractivity (Wildman–Crippen MR) is 98.1 cm³/mol. The zero-order valence-corrected chi connectivity index (χ0v) is 15.4. The van der Waals surface area contributed by atoms with E-state index in [1.807, 2.05) is 36.1 Å². The van der Waals surface area contributed by atoms with Crippen LogP contribution in [0.15, 0.2) is 29.2 Å². The van der Waals surface area contributed by atoms with E-state index in [0.717, 1.165) is 17.7 Å². The number of amides is 2. The number of nitrogens with one attached hydrogen (secondary N) is 1. The van der Waals surface area contributed by atoms with E-state index in [9.17, 15) is 9.59 Å². The van der Waals surface area contributed by atoms with Gasteiger partial charge in [-0.25, -0.2) is 0 Å². The molecule has 1 aromatic carbocycles. The number of thioether (sulfide) groups is 1. The van der Waals surface area contributed by atoms with E-state index >= 15 is 0 Å². The van der Waals surface area contributed by atoms with Gasteiger partial charge in [-0.3, -0.25) is 9.59 Å². The number of hydrogen-bond donors (Lipinski definition) is 2. The summed E-state index contributed by atoms with van der Waals surface area (Å²) in [7, 11) is 0. The van der Waals surface area contributed by atoms with Crippen molar-refractivity contribution in [3.63, 3.8) is 0 Å². The van der Waals surface area contributed by atoms with Crippen molar-refractivity contribution in [1.29, 1.82) is 0 Å². The molecule has 2 amide bonds. The number of carbonyl (C=O) groups is 2. The van der Waals surface area contributed by atoms with Crippen LogP contribution >= 0.6 is 23.4 Å². The van der Waals surface area contributed by atoms with Crippen LogP contribution in [-0.2, 0) is 9.59 Å². The summed E-state index contributed by atoms with van der Waals surface area (Å²) in [5.41, 5.74) is 5.41. The van der Waals surface area contributed by atoms with E-state index < -0.39 is 0 Å². The van der Waals surface area contributed by atoms with E-state index in [4.69, 9.17) is 17.3 Å². The van der Waals surface area contributed by atoms with Crippen LogP contribution in [0.5, 0.6) is 0 Å². The zero-order valence-electron chi connectivity index (χ0n) is 13.8. The largest absolute Gasteiger partial charge is 0.355 e. The molecule has 5 nitrogen and oxygen atoms in total. The molecule has 0 bridgehead atoms. The summed E-state index contributed by atoms with van der Waals surface area (Å²) < 4.78 is 0. The summed E-state index contributed by atoms with van der Waals surface area (Å²) in [5, 5.41) is 3.30. The molecule has 1 aromatic rings. The molecule has 24 heavy (non-hydrogen) atoms. The van der Waals surface area contributed by atoms with Crippen LogP contribution in [0.4, 0.5) is 0 Å². The summed E-state index contributed by atoms with van der Waals surface area (Å²) in [4.78, 5) is 27.6. The highest BCUT2D eigenvalue weighted by molar-refractivity contribution is 8.00. The average Bonchev–Trinajstić information content (AvgIpc) is 2.61. The number of nitrogens with zero attached hydrogens (tertiary/aromatic N) is 1. The van der Waals surface area contributed by atoms with Gasteiger partial charge in [-0.15, -0.1) is 11.8 Å². The van der Waals surface area contributed by atoms with E-state index in [0.29, 0.717) is 31.2 Å². The van der Waals surface area contributed by atoms with Gasteiger partial charge in [-0.2, -0.15) is 0 Å². The van der Waals surface area contributed by atoms with Gasteiger partial charge >= 0.3 is 0 Å². The van der Waals surface area contributed by atoms with Gasteiger partial charge in [0, 0.05) is 36.1 Å². The molecule has 1 saturated heterocycles. The molecule has 0 radical (unpaired) electrons. The van der Waals surface area contributed by atoms with Crippen molar-refractivity contribution in [1.82, 2.24) is 10.2 Å². The minimum absolute atomic E-state index is 0.00374. The van der Waals surface area contributed by atoms with Crippen LogP contribution in [0.25, 0.3) is 0 Å². The minimum atomic E-state index is -0.197. The molecule has 1 aliphatic heterocycles. The molecule has 1 heterocycles. The zero-order chi connectivity index (χ0) is 17.5. The standard InChI is InChI=1S/C17H24ClN3O2S/c1-12(24-15-6-4-14(18)5-7-15)17(23)21-10-2-3-13(11-21)16(22)20-9-8-19/h4-7,12-13H,2-3,8-11,19H2,1H3,(H,20,22). The Hall–Kier alpha value is -1.24. The van der Waals surface area contributed by atoms with Gasteiger partial charge in [-0.05, 0) is 44.0 Å². The number of rotatable bonds is 6. The lowest BCUT2D eigenvalue weighted by atomic mass is 9.97. The van der Waals surface area contributed by atoms with Gasteiger partial charge < -0.3 is 16.0 Å². The van der Waals surface area contributed by atoms with Gasteiger partial charge in [0.05, 0.1) is 11.2 Å². The molecule has 3 N–H and O–H groups in total. The Bertz CT molecular complexity index is 567. The highest BCUT2D eigenvalue weighted by Gasteiger charge is 2.30. The number of benzene rings is 1. The van der Waals surface area contributed by atoms with Crippen LogP contribution in [0, 0.1) is 5.92 Å². The second-order valence-electron chi connectivity index (χ2n) is 5.92. The smallest absolute Gasteiger partial charge is 0.235 e. The predicted octanol–water partition coefficient (Wildman–Crippen LogP) is 2.13. The first-order chi connectivity index (χ1) is 11.5. The number of piperidine rings is 1. The fourth-order valence-corrected chi connectivity index (χ4v) is 3.83. The fraction of sp³-hybridized carbons (Fsp3) is 0.529. The first-order valence-corrected chi connectivity index (χ1v) is 9.46. The Morgan fingerprint density at radius 1 is 1.42 bits per heavy atom. The summed E-state index contributed by atoms with van der Waals surface area (Å²) in [6, 6.07) is 7.46. The van der Waals surface area contributed by atoms with Crippen molar-refractivity contribution in [2.24, 2.45) is 11.7 Å². The second kappa shape index (κ2) is 9.30. The lowest BCUT2D eigenvalue weighted by Gasteiger charge is -2.33. The molecule has 0 spiro atoms. The molecular weight excluding hydrogens is 346 g/mol. The first-order valence-electron chi connectivity index (χ1n) is 8.20. The van der Waals surface area contributed by atoms with Crippen molar-refractivity contribution in [3.05, 3.63) is 29.3 Å². The van der Waals surface area contributed by atoms with Crippen LogP contribution in [0.1, 0.15) is 19.8 Å². The quantitative estimate of drug-likeness (QED) is 0.753. The molecule has 1 fully saturated rings. The Labute approximate surface area is 152 Å². The van der Waals surface area contributed by atoms with E-state index in [1.165, 1.54) is 11.8 Å². The molecule has 0 aliphatic carbocycles. The maximum Gasteiger partial charge on any atom is 0.235 e. The van der Waals surface area contributed by atoms with Crippen molar-refractivity contribution in [2.45, 2.75) is 29.9 Å². The minimum Gasteiger partial charge on any atom is -0.355 e. The molecule has 1 aliphatic rings. The topological polar surface area (TPSA) is 75.4 Å².